The molecule has 0 aliphatic carbocycles. The molecule has 0 aliphatic rings. The van der Waals surface area contributed by atoms with Crippen LogP contribution in [-0.4, -0.2) is 30.1 Å². The van der Waals surface area contributed by atoms with Gasteiger partial charge in [0.1, 0.15) is 22.9 Å². The van der Waals surface area contributed by atoms with Gasteiger partial charge in [0, 0.05) is 13.0 Å². The summed E-state index contributed by atoms with van der Waals surface area (Å²) in [5, 5.41) is 6.24. The number of H-pyrrole nitrogens is 1. The summed E-state index contributed by atoms with van der Waals surface area (Å²) in [7, 11) is -3.83. The highest BCUT2D eigenvalue weighted by Crippen LogP contribution is 2.12. The summed E-state index contributed by atoms with van der Waals surface area (Å²) in [5.74, 6) is -0.212. The predicted octanol–water partition coefficient (Wildman–Crippen LogP) is 0.465. The molecule has 0 fully saturated rings. The van der Waals surface area contributed by atoms with Gasteiger partial charge in [0.25, 0.3) is 0 Å². The molecule has 0 aliphatic heterocycles. The van der Waals surface area contributed by atoms with E-state index >= 15 is 0 Å². The first-order valence-corrected chi connectivity index (χ1v) is 6.66. The molecule has 0 saturated carbocycles. The van der Waals surface area contributed by atoms with E-state index in [1.807, 2.05) is 0 Å². The Balaban J connectivity index is 2.02. The van der Waals surface area contributed by atoms with Crippen molar-refractivity contribution in [3.8, 4) is 0 Å². The Bertz CT molecular complexity index is 613. The number of halogens is 1. The Kier molecular flexibility index (Phi) is 3.68. The molecule has 6 nitrogen and oxygen atoms in total. The van der Waals surface area contributed by atoms with Crippen molar-refractivity contribution in [2.75, 3.05) is 6.54 Å². The molecular formula is C10H11FN4O2S. The third-order valence-electron chi connectivity index (χ3n) is 2.24. The monoisotopic (exact) mass is 270 g/mol. The second-order valence-corrected chi connectivity index (χ2v) is 5.25. The van der Waals surface area contributed by atoms with Gasteiger partial charge < -0.3 is 0 Å². The lowest BCUT2D eigenvalue weighted by Crippen LogP contribution is -2.27. The Morgan fingerprint density at radius 2 is 2.11 bits per heavy atom. The number of sulfonamides is 1. The number of aromatic nitrogens is 3. The zero-order chi connectivity index (χ0) is 13.0. The predicted molar refractivity (Wildman–Crippen MR) is 61.7 cm³/mol. The van der Waals surface area contributed by atoms with E-state index in [-0.39, 0.29) is 11.4 Å². The van der Waals surface area contributed by atoms with Crippen LogP contribution < -0.4 is 4.72 Å². The van der Waals surface area contributed by atoms with Crippen LogP contribution in [0.1, 0.15) is 5.82 Å². The minimum absolute atomic E-state index is 0.117. The van der Waals surface area contributed by atoms with E-state index < -0.39 is 15.8 Å². The fraction of sp³-hybridized carbons (Fsp3) is 0.200. The largest absolute Gasteiger partial charge is 0.263 e. The number of nitrogens with zero attached hydrogens (tertiary/aromatic N) is 2. The minimum atomic E-state index is -3.83. The van der Waals surface area contributed by atoms with Crippen molar-refractivity contribution in [1.82, 2.24) is 19.9 Å². The molecule has 2 aromatic rings. The van der Waals surface area contributed by atoms with Gasteiger partial charge in [-0.1, -0.05) is 12.1 Å². The molecule has 2 rings (SSSR count). The third-order valence-corrected chi connectivity index (χ3v) is 3.74. The first kappa shape index (κ1) is 12.7. The van der Waals surface area contributed by atoms with Crippen LogP contribution in [0.25, 0.3) is 0 Å². The smallest absolute Gasteiger partial charge is 0.243 e. The van der Waals surface area contributed by atoms with Crippen molar-refractivity contribution in [3.05, 3.63) is 42.2 Å². The summed E-state index contributed by atoms with van der Waals surface area (Å²) in [6, 6.07) is 5.22. The van der Waals surface area contributed by atoms with Crippen LogP contribution in [0.5, 0.6) is 0 Å². The SMILES string of the molecule is O=S(=O)(NCCc1ncn[nH]1)c1ccccc1F. The molecule has 18 heavy (non-hydrogen) atoms. The molecule has 0 bridgehead atoms. The van der Waals surface area contributed by atoms with Crippen molar-refractivity contribution in [1.29, 1.82) is 0 Å². The zero-order valence-electron chi connectivity index (χ0n) is 9.30. The average Bonchev–Trinajstić information content (AvgIpc) is 2.82. The lowest BCUT2D eigenvalue weighted by Gasteiger charge is -2.06. The summed E-state index contributed by atoms with van der Waals surface area (Å²) in [6.45, 7) is 0.117. The summed E-state index contributed by atoms with van der Waals surface area (Å²) < 4.78 is 39.2. The van der Waals surface area contributed by atoms with Gasteiger partial charge in [-0.15, -0.1) is 0 Å². The molecule has 96 valence electrons. The van der Waals surface area contributed by atoms with Gasteiger partial charge in [-0.3, -0.25) is 5.10 Å². The Labute approximate surface area is 103 Å². The molecule has 1 aromatic heterocycles. The van der Waals surface area contributed by atoms with Gasteiger partial charge in [-0.2, -0.15) is 5.10 Å². The van der Waals surface area contributed by atoms with Crippen LogP contribution in [0.15, 0.2) is 35.5 Å². The van der Waals surface area contributed by atoms with Gasteiger partial charge in [0.15, 0.2) is 0 Å². The molecule has 0 amide bonds. The standard InChI is InChI=1S/C10H11FN4O2S/c11-8-3-1-2-4-9(8)18(16,17)14-6-5-10-12-7-13-15-10/h1-4,7,14H,5-6H2,(H,12,13,15). The third kappa shape index (κ3) is 2.90. The highest BCUT2D eigenvalue weighted by atomic mass is 32.2. The minimum Gasteiger partial charge on any atom is -0.263 e. The van der Waals surface area contributed by atoms with Gasteiger partial charge in [0.2, 0.25) is 10.0 Å². The van der Waals surface area contributed by atoms with Crippen LogP contribution in [-0.2, 0) is 16.4 Å². The van der Waals surface area contributed by atoms with E-state index in [1.165, 1.54) is 24.5 Å². The van der Waals surface area contributed by atoms with Crippen LogP contribution in [0.3, 0.4) is 0 Å². The van der Waals surface area contributed by atoms with Crippen molar-refractivity contribution >= 4 is 10.0 Å². The highest BCUT2D eigenvalue weighted by Gasteiger charge is 2.17. The van der Waals surface area contributed by atoms with Gasteiger partial charge in [0.05, 0.1) is 0 Å². The van der Waals surface area contributed by atoms with Gasteiger partial charge in [-0.25, -0.2) is 22.5 Å². The van der Waals surface area contributed by atoms with E-state index in [0.29, 0.717) is 12.2 Å². The van der Waals surface area contributed by atoms with E-state index in [1.54, 1.807) is 0 Å². The Morgan fingerprint density at radius 1 is 1.33 bits per heavy atom. The highest BCUT2D eigenvalue weighted by molar-refractivity contribution is 7.89. The van der Waals surface area contributed by atoms with Crippen molar-refractivity contribution < 1.29 is 12.8 Å². The quantitative estimate of drug-likeness (QED) is 0.826. The summed E-state index contributed by atoms with van der Waals surface area (Å²) in [6.07, 6.45) is 1.69. The lowest BCUT2D eigenvalue weighted by molar-refractivity contribution is 0.556. The number of aromatic amines is 1. The van der Waals surface area contributed by atoms with Gasteiger partial charge >= 0.3 is 0 Å². The molecule has 2 N–H and O–H groups in total. The second-order valence-electron chi connectivity index (χ2n) is 3.51. The van der Waals surface area contributed by atoms with Crippen molar-refractivity contribution in [2.24, 2.45) is 0 Å². The molecule has 0 radical (unpaired) electrons. The normalized spacial score (nSPS) is 11.6. The van der Waals surface area contributed by atoms with E-state index in [4.69, 9.17) is 0 Å². The van der Waals surface area contributed by atoms with E-state index in [2.05, 4.69) is 19.9 Å². The summed E-state index contributed by atoms with van der Waals surface area (Å²) in [5.41, 5.74) is 0. The number of hydrogen-bond donors (Lipinski definition) is 2. The molecule has 0 spiro atoms. The fourth-order valence-corrected chi connectivity index (χ4v) is 2.50. The van der Waals surface area contributed by atoms with E-state index in [0.717, 1.165) is 6.07 Å². The van der Waals surface area contributed by atoms with Crippen molar-refractivity contribution in [3.63, 3.8) is 0 Å². The van der Waals surface area contributed by atoms with Crippen LogP contribution in [0.2, 0.25) is 0 Å². The average molecular weight is 270 g/mol. The van der Waals surface area contributed by atoms with Crippen LogP contribution in [0, 0.1) is 5.82 Å². The maximum Gasteiger partial charge on any atom is 0.243 e. The molecule has 0 unspecified atom stereocenters. The van der Waals surface area contributed by atoms with Crippen molar-refractivity contribution in [2.45, 2.75) is 11.3 Å². The molecule has 1 heterocycles. The maximum atomic E-state index is 13.3. The van der Waals surface area contributed by atoms with Crippen LogP contribution in [0.4, 0.5) is 4.39 Å². The Morgan fingerprint density at radius 3 is 2.78 bits per heavy atom. The summed E-state index contributed by atoms with van der Waals surface area (Å²) >= 11 is 0. The number of hydrogen-bond acceptors (Lipinski definition) is 4. The van der Waals surface area contributed by atoms with Gasteiger partial charge in [-0.05, 0) is 12.1 Å². The first-order chi connectivity index (χ1) is 8.59. The maximum absolute atomic E-state index is 13.3. The zero-order valence-corrected chi connectivity index (χ0v) is 10.1. The molecule has 0 atom stereocenters. The Hall–Kier alpha value is -1.80. The van der Waals surface area contributed by atoms with E-state index in [9.17, 15) is 12.8 Å². The lowest BCUT2D eigenvalue weighted by atomic mass is 10.4. The number of rotatable bonds is 5. The first-order valence-electron chi connectivity index (χ1n) is 5.18. The molecule has 8 heteroatoms. The topological polar surface area (TPSA) is 87.7 Å². The molecule has 1 aromatic carbocycles. The second kappa shape index (κ2) is 5.23. The number of nitrogens with one attached hydrogen (secondary N) is 2. The number of benzene rings is 1. The summed E-state index contributed by atoms with van der Waals surface area (Å²) in [4.78, 5) is 3.49. The molecule has 0 saturated heterocycles. The molecular weight excluding hydrogens is 259 g/mol. The van der Waals surface area contributed by atoms with Crippen LogP contribution >= 0.6 is 0 Å². The fourth-order valence-electron chi connectivity index (χ4n) is 1.40.